The molecule has 0 radical (unpaired) electrons. The van der Waals surface area contributed by atoms with E-state index in [0.29, 0.717) is 40.9 Å². The van der Waals surface area contributed by atoms with Crippen LogP contribution in [-0.4, -0.2) is 22.5 Å². The number of esters is 1. The smallest absolute Gasteiger partial charge is 0.340 e. The van der Waals surface area contributed by atoms with Crippen LogP contribution in [0.3, 0.4) is 0 Å². The fourth-order valence-electron chi connectivity index (χ4n) is 2.62. The molecule has 2 N–H and O–H groups in total. The molecule has 0 atom stereocenters. The van der Waals surface area contributed by atoms with Crippen molar-refractivity contribution in [3.63, 3.8) is 0 Å². The first-order valence-electron chi connectivity index (χ1n) is 8.75. The van der Waals surface area contributed by atoms with Crippen LogP contribution in [0, 0.1) is 18.3 Å². The maximum Gasteiger partial charge on any atom is 0.340 e. The number of aryl methyl sites for hydroxylation is 1. The summed E-state index contributed by atoms with van der Waals surface area (Å²) in [5.41, 5.74) is 2.85. The van der Waals surface area contributed by atoms with Gasteiger partial charge >= 0.3 is 5.97 Å². The summed E-state index contributed by atoms with van der Waals surface area (Å²) in [7, 11) is 0. The van der Waals surface area contributed by atoms with E-state index in [1.807, 2.05) is 19.1 Å². The second kappa shape index (κ2) is 8.64. The number of rotatable bonds is 6. The minimum atomic E-state index is -0.417. The number of nitrogens with one attached hydrogen (secondary N) is 2. The van der Waals surface area contributed by atoms with E-state index in [9.17, 15) is 10.1 Å². The lowest BCUT2D eigenvalue weighted by atomic mass is 10.2. The molecule has 0 amide bonds. The minimum absolute atomic E-state index is 0.292. The molecule has 0 saturated carbocycles. The summed E-state index contributed by atoms with van der Waals surface area (Å²) in [6.07, 6.45) is 0. The van der Waals surface area contributed by atoms with Crippen molar-refractivity contribution < 1.29 is 9.53 Å². The Labute approximate surface area is 163 Å². The molecule has 2 aromatic carbocycles. The van der Waals surface area contributed by atoms with Gasteiger partial charge in [-0.3, -0.25) is 0 Å². The molecule has 0 saturated heterocycles. The van der Waals surface area contributed by atoms with Crippen molar-refractivity contribution in [1.29, 1.82) is 5.26 Å². The second-order valence-electron chi connectivity index (χ2n) is 5.89. The van der Waals surface area contributed by atoms with Crippen molar-refractivity contribution >= 4 is 29.1 Å². The van der Waals surface area contributed by atoms with Crippen LogP contribution in [0.1, 0.15) is 28.5 Å². The van der Waals surface area contributed by atoms with Crippen molar-refractivity contribution in [3.8, 4) is 6.07 Å². The molecule has 140 valence electrons. The van der Waals surface area contributed by atoms with Crippen molar-refractivity contribution in [3.05, 3.63) is 71.4 Å². The van der Waals surface area contributed by atoms with Gasteiger partial charge in [0.2, 0.25) is 5.95 Å². The first-order chi connectivity index (χ1) is 13.6. The Morgan fingerprint density at radius 2 is 1.79 bits per heavy atom. The number of para-hydroxylation sites is 2. The molecule has 0 unspecified atom stereocenters. The zero-order valence-electron chi connectivity index (χ0n) is 15.6. The average Bonchev–Trinajstić information content (AvgIpc) is 2.68. The number of nitrogens with zero attached hydrogens (tertiary/aromatic N) is 3. The predicted molar refractivity (Wildman–Crippen MR) is 107 cm³/mol. The van der Waals surface area contributed by atoms with Gasteiger partial charge in [0.05, 0.1) is 29.1 Å². The van der Waals surface area contributed by atoms with Crippen molar-refractivity contribution in [2.75, 3.05) is 17.2 Å². The standard InChI is InChI=1S/C21H19N5O2/c1-3-28-20(27)16-9-5-7-11-18(16)25-21-23-14(2)12-19(26-21)24-17-10-6-4-8-15(17)13-22/h4-12H,3H2,1-2H3,(H2,23,24,25,26). The summed E-state index contributed by atoms with van der Waals surface area (Å²) in [6, 6.07) is 18.1. The van der Waals surface area contributed by atoms with E-state index in [-0.39, 0.29) is 0 Å². The molecule has 0 spiro atoms. The second-order valence-corrected chi connectivity index (χ2v) is 5.89. The summed E-state index contributed by atoms with van der Waals surface area (Å²) in [5, 5.41) is 15.5. The quantitative estimate of drug-likeness (QED) is 0.621. The summed E-state index contributed by atoms with van der Waals surface area (Å²) in [5.74, 6) is 0.444. The van der Waals surface area contributed by atoms with E-state index in [2.05, 4.69) is 26.7 Å². The number of hydrogen-bond donors (Lipinski definition) is 2. The molecule has 28 heavy (non-hydrogen) atoms. The summed E-state index contributed by atoms with van der Waals surface area (Å²) < 4.78 is 5.10. The van der Waals surface area contributed by atoms with Gasteiger partial charge in [0, 0.05) is 11.8 Å². The van der Waals surface area contributed by atoms with Gasteiger partial charge in [-0.2, -0.15) is 10.2 Å². The monoisotopic (exact) mass is 373 g/mol. The third-order valence-electron chi connectivity index (χ3n) is 3.83. The lowest BCUT2D eigenvalue weighted by molar-refractivity contribution is 0.0527. The zero-order chi connectivity index (χ0) is 19.9. The predicted octanol–water partition coefficient (Wildman–Crippen LogP) is 4.32. The maximum atomic E-state index is 12.2. The lowest BCUT2D eigenvalue weighted by Gasteiger charge is -2.13. The van der Waals surface area contributed by atoms with E-state index < -0.39 is 5.97 Å². The summed E-state index contributed by atoms with van der Waals surface area (Å²) in [6.45, 7) is 3.89. The number of carbonyl (C=O) groups is 1. The van der Waals surface area contributed by atoms with Crippen molar-refractivity contribution in [1.82, 2.24) is 9.97 Å². The van der Waals surface area contributed by atoms with Gasteiger partial charge in [-0.25, -0.2) is 9.78 Å². The van der Waals surface area contributed by atoms with E-state index >= 15 is 0 Å². The van der Waals surface area contributed by atoms with Crippen LogP contribution >= 0.6 is 0 Å². The normalized spacial score (nSPS) is 10.0. The van der Waals surface area contributed by atoms with Crippen LogP contribution in [-0.2, 0) is 4.74 Å². The Kier molecular flexibility index (Phi) is 5.82. The number of hydrogen-bond acceptors (Lipinski definition) is 7. The Morgan fingerprint density at radius 3 is 2.54 bits per heavy atom. The molecule has 1 aromatic heterocycles. The number of carbonyl (C=O) groups excluding carboxylic acids is 1. The molecular formula is C21H19N5O2. The van der Waals surface area contributed by atoms with E-state index in [1.165, 1.54) is 0 Å². The molecule has 3 aromatic rings. The number of anilines is 4. The van der Waals surface area contributed by atoms with Crippen LogP contribution in [0.15, 0.2) is 54.6 Å². The molecule has 1 heterocycles. The van der Waals surface area contributed by atoms with Crippen LogP contribution in [0.2, 0.25) is 0 Å². The Morgan fingerprint density at radius 1 is 1.07 bits per heavy atom. The SMILES string of the molecule is CCOC(=O)c1ccccc1Nc1nc(C)cc(Nc2ccccc2C#N)n1. The van der Waals surface area contributed by atoms with Gasteiger partial charge in [-0.15, -0.1) is 0 Å². The van der Waals surface area contributed by atoms with Crippen LogP contribution in [0.5, 0.6) is 0 Å². The maximum absolute atomic E-state index is 12.2. The van der Waals surface area contributed by atoms with Crippen LogP contribution < -0.4 is 10.6 Å². The van der Waals surface area contributed by atoms with Gasteiger partial charge in [0.25, 0.3) is 0 Å². The van der Waals surface area contributed by atoms with E-state index in [1.54, 1.807) is 49.4 Å². The highest BCUT2D eigenvalue weighted by molar-refractivity contribution is 5.96. The molecule has 0 aliphatic heterocycles. The highest BCUT2D eigenvalue weighted by Gasteiger charge is 2.13. The van der Waals surface area contributed by atoms with Gasteiger partial charge < -0.3 is 15.4 Å². The molecule has 7 nitrogen and oxygen atoms in total. The first-order valence-corrected chi connectivity index (χ1v) is 8.75. The first kappa shape index (κ1) is 18.9. The Hall–Kier alpha value is -3.92. The van der Waals surface area contributed by atoms with Gasteiger partial charge in [-0.05, 0) is 38.1 Å². The zero-order valence-corrected chi connectivity index (χ0v) is 15.6. The van der Waals surface area contributed by atoms with E-state index in [0.717, 1.165) is 5.69 Å². The molecule has 7 heteroatoms. The number of nitriles is 1. The van der Waals surface area contributed by atoms with Gasteiger partial charge in [0.15, 0.2) is 0 Å². The minimum Gasteiger partial charge on any atom is -0.462 e. The van der Waals surface area contributed by atoms with Gasteiger partial charge in [-0.1, -0.05) is 24.3 Å². The largest absolute Gasteiger partial charge is 0.462 e. The summed E-state index contributed by atoms with van der Waals surface area (Å²) in [4.78, 5) is 21.0. The third kappa shape index (κ3) is 4.43. The summed E-state index contributed by atoms with van der Waals surface area (Å²) >= 11 is 0. The highest BCUT2D eigenvalue weighted by atomic mass is 16.5. The third-order valence-corrected chi connectivity index (χ3v) is 3.83. The molecular weight excluding hydrogens is 354 g/mol. The average molecular weight is 373 g/mol. The Balaban J connectivity index is 1.89. The molecule has 0 aliphatic rings. The molecule has 0 bridgehead atoms. The van der Waals surface area contributed by atoms with Gasteiger partial charge in [0.1, 0.15) is 11.9 Å². The fourth-order valence-corrected chi connectivity index (χ4v) is 2.62. The molecule has 3 rings (SSSR count). The Bertz CT molecular complexity index is 1040. The molecule has 0 aliphatic carbocycles. The van der Waals surface area contributed by atoms with Crippen molar-refractivity contribution in [2.24, 2.45) is 0 Å². The number of ether oxygens (including phenoxy) is 1. The van der Waals surface area contributed by atoms with Crippen LogP contribution in [0.4, 0.5) is 23.1 Å². The molecule has 0 fully saturated rings. The fraction of sp³-hybridized carbons (Fsp3) is 0.143. The number of aromatic nitrogens is 2. The number of benzene rings is 2. The van der Waals surface area contributed by atoms with Crippen LogP contribution in [0.25, 0.3) is 0 Å². The van der Waals surface area contributed by atoms with E-state index in [4.69, 9.17) is 4.74 Å². The highest BCUT2D eigenvalue weighted by Crippen LogP contribution is 2.23. The lowest BCUT2D eigenvalue weighted by Crippen LogP contribution is -2.09. The topological polar surface area (TPSA) is 99.9 Å². The van der Waals surface area contributed by atoms with Crippen molar-refractivity contribution in [2.45, 2.75) is 13.8 Å².